The van der Waals surface area contributed by atoms with E-state index < -0.39 is 10.0 Å². The maximum atomic E-state index is 11.9. The smallest absolute Gasteiger partial charge is 0.232 e. The summed E-state index contributed by atoms with van der Waals surface area (Å²) < 4.78 is 25.3. The van der Waals surface area contributed by atoms with Crippen molar-refractivity contribution < 1.29 is 8.42 Å². The fourth-order valence-electron chi connectivity index (χ4n) is 2.54. The number of nitrogen functional groups attached to an aromatic ring is 2. The highest BCUT2D eigenvalue weighted by Gasteiger charge is 2.28. The Kier molecular flexibility index (Phi) is 3.28. The Morgan fingerprint density at radius 2 is 2.05 bits per heavy atom. The molecule has 0 amide bonds. The maximum absolute atomic E-state index is 11.9. The Bertz CT molecular complexity index is 816. The van der Waals surface area contributed by atoms with Crippen LogP contribution >= 0.6 is 0 Å². The Morgan fingerprint density at radius 1 is 1.27 bits per heavy atom. The van der Waals surface area contributed by atoms with Crippen LogP contribution in [0.5, 0.6) is 0 Å². The van der Waals surface area contributed by atoms with Crippen molar-refractivity contribution in [2.45, 2.75) is 6.42 Å². The number of nitrogens with zero attached hydrogens (tertiary/aromatic N) is 3. The zero-order chi connectivity index (χ0) is 15.9. The summed E-state index contributed by atoms with van der Waals surface area (Å²) in [6.45, 7) is 0.431. The van der Waals surface area contributed by atoms with Gasteiger partial charge in [-0.1, -0.05) is 12.1 Å². The van der Waals surface area contributed by atoms with Gasteiger partial charge in [0.15, 0.2) is 0 Å². The second-order valence-corrected chi connectivity index (χ2v) is 6.97. The minimum atomic E-state index is -3.34. The van der Waals surface area contributed by atoms with Gasteiger partial charge in [0, 0.05) is 12.6 Å². The number of hydrogen-bond donors (Lipinski definition) is 3. The molecule has 8 nitrogen and oxygen atoms in total. The molecule has 1 aliphatic heterocycles. The van der Waals surface area contributed by atoms with Gasteiger partial charge in [-0.25, -0.2) is 8.42 Å². The average molecular weight is 320 g/mol. The summed E-state index contributed by atoms with van der Waals surface area (Å²) in [7, 11) is -3.34. The molecule has 0 unspecified atom stereocenters. The molecule has 0 spiro atoms. The number of nitrogens with two attached hydrogens (primary N) is 2. The quantitative estimate of drug-likeness (QED) is 0.759. The minimum Gasteiger partial charge on any atom is -0.383 e. The lowest BCUT2D eigenvalue weighted by molar-refractivity contribution is 0.598. The number of sulfonamides is 1. The molecule has 3 rings (SSSR count). The third-order valence-electron chi connectivity index (χ3n) is 3.38. The summed E-state index contributed by atoms with van der Waals surface area (Å²) in [6.07, 6.45) is 1.87. The van der Waals surface area contributed by atoms with E-state index in [1.807, 2.05) is 12.1 Å². The molecule has 1 aromatic carbocycles. The minimum absolute atomic E-state index is 0.0510. The first-order valence-corrected chi connectivity index (χ1v) is 8.46. The SMILES string of the molecule is CS(=O)(=O)N1CCc2cccc(Nc3cc(N)nc(N)n3)c21. The molecule has 0 atom stereocenters. The van der Waals surface area contributed by atoms with Gasteiger partial charge in [-0.05, 0) is 18.1 Å². The predicted octanol–water partition coefficient (Wildman–Crippen LogP) is 0.707. The predicted molar refractivity (Wildman–Crippen MR) is 86.5 cm³/mol. The first kappa shape index (κ1) is 14.4. The van der Waals surface area contributed by atoms with Gasteiger partial charge in [-0.2, -0.15) is 9.97 Å². The van der Waals surface area contributed by atoms with Crippen molar-refractivity contribution in [2.75, 3.05) is 33.9 Å². The number of anilines is 5. The summed E-state index contributed by atoms with van der Waals surface area (Å²) in [5.41, 5.74) is 13.5. The van der Waals surface area contributed by atoms with Gasteiger partial charge in [0.1, 0.15) is 11.6 Å². The van der Waals surface area contributed by atoms with E-state index in [1.54, 1.807) is 6.07 Å². The standard InChI is InChI=1S/C13H16N6O2S/c1-22(20,21)19-6-5-8-3-2-4-9(12(8)19)16-11-7-10(14)17-13(15)18-11/h2-4,7H,5-6H2,1H3,(H5,14,15,16,17,18). The highest BCUT2D eigenvalue weighted by molar-refractivity contribution is 7.92. The zero-order valence-electron chi connectivity index (χ0n) is 11.9. The van der Waals surface area contributed by atoms with Crippen LogP contribution in [0, 0.1) is 0 Å². The normalized spacial score (nSPS) is 14.0. The third-order valence-corrected chi connectivity index (χ3v) is 4.55. The van der Waals surface area contributed by atoms with Crippen LogP contribution in [0.4, 0.5) is 29.0 Å². The molecule has 0 bridgehead atoms. The van der Waals surface area contributed by atoms with Crippen molar-refractivity contribution in [1.82, 2.24) is 9.97 Å². The number of fused-ring (bicyclic) bond motifs is 1. The van der Waals surface area contributed by atoms with Crippen LogP contribution < -0.4 is 21.1 Å². The molecule has 0 saturated heterocycles. The Hall–Kier alpha value is -2.55. The van der Waals surface area contributed by atoms with Crippen LogP contribution in [0.15, 0.2) is 24.3 Å². The molecule has 2 aromatic rings. The van der Waals surface area contributed by atoms with E-state index in [9.17, 15) is 8.42 Å². The van der Waals surface area contributed by atoms with Gasteiger partial charge in [0.25, 0.3) is 0 Å². The number of nitrogens with one attached hydrogen (secondary N) is 1. The fourth-order valence-corrected chi connectivity index (χ4v) is 3.51. The molecule has 9 heteroatoms. The van der Waals surface area contributed by atoms with E-state index in [4.69, 9.17) is 11.5 Å². The number of para-hydroxylation sites is 1. The van der Waals surface area contributed by atoms with E-state index >= 15 is 0 Å². The van der Waals surface area contributed by atoms with Crippen molar-refractivity contribution in [3.05, 3.63) is 29.8 Å². The fraction of sp³-hybridized carbons (Fsp3) is 0.231. The molecular weight excluding hydrogens is 304 g/mol. The number of hydrogen-bond acceptors (Lipinski definition) is 7. The highest BCUT2D eigenvalue weighted by Crippen LogP contribution is 2.38. The van der Waals surface area contributed by atoms with Crippen LogP contribution in [-0.4, -0.2) is 31.2 Å². The Balaban J connectivity index is 2.04. The van der Waals surface area contributed by atoms with E-state index in [2.05, 4.69) is 15.3 Å². The molecule has 0 radical (unpaired) electrons. The van der Waals surface area contributed by atoms with Crippen LogP contribution in [0.3, 0.4) is 0 Å². The molecule has 1 aliphatic rings. The summed E-state index contributed by atoms with van der Waals surface area (Å²) >= 11 is 0. The van der Waals surface area contributed by atoms with Gasteiger partial charge in [0.05, 0.1) is 17.6 Å². The van der Waals surface area contributed by atoms with Gasteiger partial charge >= 0.3 is 0 Å². The summed E-state index contributed by atoms with van der Waals surface area (Å²) in [5, 5.41) is 3.07. The lowest BCUT2D eigenvalue weighted by Crippen LogP contribution is -2.28. The molecular formula is C13H16N6O2S. The number of benzene rings is 1. The largest absolute Gasteiger partial charge is 0.383 e. The summed E-state index contributed by atoms with van der Waals surface area (Å²) in [4.78, 5) is 7.85. The first-order valence-electron chi connectivity index (χ1n) is 6.61. The van der Waals surface area contributed by atoms with Crippen molar-refractivity contribution in [3.63, 3.8) is 0 Å². The van der Waals surface area contributed by atoms with Gasteiger partial charge < -0.3 is 16.8 Å². The van der Waals surface area contributed by atoms with Crippen LogP contribution in [0.25, 0.3) is 0 Å². The van der Waals surface area contributed by atoms with Crippen molar-refractivity contribution in [1.29, 1.82) is 0 Å². The first-order chi connectivity index (χ1) is 10.3. The van der Waals surface area contributed by atoms with Gasteiger partial charge in [-0.3, -0.25) is 4.31 Å². The molecule has 1 aromatic heterocycles. The highest BCUT2D eigenvalue weighted by atomic mass is 32.2. The Labute approximate surface area is 128 Å². The van der Waals surface area contributed by atoms with Crippen LogP contribution in [0.1, 0.15) is 5.56 Å². The molecule has 2 heterocycles. The van der Waals surface area contributed by atoms with Crippen molar-refractivity contribution >= 4 is 39.0 Å². The van der Waals surface area contributed by atoms with Gasteiger partial charge in [0.2, 0.25) is 16.0 Å². The molecule has 5 N–H and O–H groups in total. The number of rotatable bonds is 3. The number of aromatic nitrogens is 2. The average Bonchev–Trinajstić information content (AvgIpc) is 2.82. The summed E-state index contributed by atoms with van der Waals surface area (Å²) in [6, 6.07) is 7.10. The van der Waals surface area contributed by atoms with E-state index in [1.165, 1.54) is 16.6 Å². The topological polar surface area (TPSA) is 127 Å². The van der Waals surface area contributed by atoms with E-state index in [0.717, 1.165) is 5.56 Å². The third kappa shape index (κ3) is 2.62. The van der Waals surface area contributed by atoms with Gasteiger partial charge in [-0.15, -0.1) is 0 Å². The van der Waals surface area contributed by atoms with Crippen molar-refractivity contribution in [2.24, 2.45) is 0 Å². The molecule has 0 fully saturated rings. The zero-order valence-corrected chi connectivity index (χ0v) is 12.8. The lowest BCUT2D eigenvalue weighted by atomic mass is 10.1. The van der Waals surface area contributed by atoms with E-state index in [-0.39, 0.29) is 11.8 Å². The second kappa shape index (κ2) is 5.02. The molecule has 22 heavy (non-hydrogen) atoms. The molecule has 116 valence electrons. The lowest BCUT2D eigenvalue weighted by Gasteiger charge is -2.20. The van der Waals surface area contributed by atoms with E-state index in [0.29, 0.717) is 30.2 Å². The van der Waals surface area contributed by atoms with Crippen LogP contribution in [-0.2, 0) is 16.4 Å². The molecule has 0 saturated carbocycles. The second-order valence-electron chi connectivity index (χ2n) is 5.06. The monoisotopic (exact) mass is 320 g/mol. The summed E-state index contributed by atoms with van der Waals surface area (Å²) in [5.74, 6) is 0.705. The Morgan fingerprint density at radius 3 is 2.73 bits per heavy atom. The van der Waals surface area contributed by atoms with Crippen molar-refractivity contribution in [3.8, 4) is 0 Å². The maximum Gasteiger partial charge on any atom is 0.232 e. The molecule has 0 aliphatic carbocycles. The van der Waals surface area contributed by atoms with Crippen LogP contribution in [0.2, 0.25) is 0 Å².